The van der Waals surface area contributed by atoms with Crippen LogP contribution in [-0.2, 0) is 13.5 Å². The number of rotatable bonds is 3. The number of halogens is 3. The Morgan fingerprint density at radius 1 is 1.42 bits per heavy atom. The van der Waals surface area contributed by atoms with E-state index in [2.05, 4.69) is 37.0 Å². The first-order valence-electron chi connectivity index (χ1n) is 5.56. The number of hydrogen-bond acceptors (Lipinski definition) is 2. The number of Topliss-reactive ketones (excluding diaryl/α,β-unsaturated/α-hetero) is 1. The standard InChI is InChI=1S/C13H11Br2FN2O/c1-7-13(15)11(18(2)17-7)6-12(19)8-3-4-9(14)10(16)5-8/h3-5H,6H2,1-2H3. The maximum absolute atomic E-state index is 13.4. The fraction of sp³-hybridized carbons (Fsp3) is 0.231. The average Bonchev–Trinajstić information content (AvgIpc) is 2.59. The molecule has 0 bridgehead atoms. The molecule has 0 spiro atoms. The van der Waals surface area contributed by atoms with Gasteiger partial charge in [0.05, 0.1) is 26.8 Å². The second-order valence-electron chi connectivity index (χ2n) is 4.20. The number of aromatic nitrogens is 2. The summed E-state index contributed by atoms with van der Waals surface area (Å²) >= 11 is 6.47. The molecule has 2 rings (SSSR count). The Balaban J connectivity index is 2.28. The van der Waals surface area contributed by atoms with Gasteiger partial charge in [-0.15, -0.1) is 0 Å². The minimum absolute atomic E-state index is 0.143. The van der Waals surface area contributed by atoms with Crippen LogP contribution in [0, 0.1) is 12.7 Å². The molecule has 0 aliphatic carbocycles. The first-order chi connectivity index (χ1) is 8.90. The molecule has 0 aliphatic rings. The molecule has 1 aromatic carbocycles. The molecule has 0 unspecified atom stereocenters. The summed E-state index contributed by atoms with van der Waals surface area (Å²) in [6, 6.07) is 4.38. The lowest BCUT2D eigenvalue weighted by Gasteiger charge is -2.04. The largest absolute Gasteiger partial charge is 0.294 e. The summed E-state index contributed by atoms with van der Waals surface area (Å²) in [4.78, 5) is 12.1. The van der Waals surface area contributed by atoms with Crippen molar-refractivity contribution in [3.8, 4) is 0 Å². The normalized spacial score (nSPS) is 10.8. The van der Waals surface area contributed by atoms with Gasteiger partial charge in [-0.3, -0.25) is 9.48 Å². The Kier molecular flexibility index (Phi) is 4.20. The van der Waals surface area contributed by atoms with Crippen LogP contribution in [0.25, 0.3) is 0 Å². The highest BCUT2D eigenvalue weighted by Gasteiger charge is 2.16. The van der Waals surface area contributed by atoms with Crippen molar-refractivity contribution in [1.82, 2.24) is 9.78 Å². The lowest BCUT2D eigenvalue weighted by atomic mass is 10.1. The van der Waals surface area contributed by atoms with E-state index in [1.54, 1.807) is 17.8 Å². The topological polar surface area (TPSA) is 34.9 Å². The van der Waals surface area contributed by atoms with Gasteiger partial charge in [0.2, 0.25) is 0 Å². The fourth-order valence-electron chi connectivity index (χ4n) is 1.80. The molecule has 0 atom stereocenters. The van der Waals surface area contributed by atoms with Crippen molar-refractivity contribution >= 4 is 37.6 Å². The third kappa shape index (κ3) is 2.95. The molecule has 100 valence electrons. The molecule has 2 aromatic rings. The highest BCUT2D eigenvalue weighted by molar-refractivity contribution is 9.10. The summed E-state index contributed by atoms with van der Waals surface area (Å²) in [7, 11) is 1.78. The Morgan fingerprint density at radius 2 is 2.11 bits per heavy atom. The maximum atomic E-state index is 13.4. The first kappa shape index (κ1) is 14.4. The van der Waals surface area contributed by atoms with Crippen LogP contribution in [0.3, 0.4) is 0 Å². The second-order valence-corrected chi connectivity index (χ2v) is 5.85. The monoisotopic (exact) mass is 388 g/mol. The molecular weight excluding hydrogens is 379 g/mol. The predicted octanol–water partition coefficient (Wildman–Crippen LogP) is 3.82. The van der Waals surface area contributed by atoms with E-state index < -0.39 is 5.82 Å². The van der Waals surface area contributed by atoms with Gasteiger partial charge in [0, 0.05) is 12.6 Å². The zero-order valence-electron chi connectivity index (χ0n) is 10.4. The van der Waals surface area contributed by atoms with Crippen molar-refractivity contribution in [3.05, 3.63) is 49.9 Å². The predicted molar refractivity (Wildman–Crippen MR) is 77.8 cm³/mol. The van der Waals surface area contributed by atoms with Crippen LogP contribution in [0.4, 0.5) is 4.39 Å². The minimum Gasteiger partial charge on any atom is -0.294 e. The Morgan fingerprint density at radius 3 is 2.63 bits per heavy atom. The van der Waals surface area contributed by atoms with Crippen LogP contribution in [0.2, 0.25) is 0 Å². The van der Waals surface area contributed by atoms with Crippen molar-refractivity contribution in [2.24, 2.45) is 7.05 Å². The molecule has 1 aromatic heterocycles. The van der Waals surface area contributed by atoms with E-state index >= 15 is 0 Å². The van der Waals surface area contributed by atoms with Crippen molar-refractivity contribution in [1.29, 1.82) is 0 Å². The number of aryl methyl sites for hydroxylation is 2. The zero-order valence-corrected chi connectivity index (χ0v) is 13.5. The lowest BCUT2D eigenvalue weighted by Crippen LogP contribution is -2.08. The van der Waals surface area contributed by atoms with Gasteiger partial charge >= 0.3 is 0 Å². The van der Waals surface area contributed by atoms with E-state index in [9.17, 15) is 9.18 Å². The van der Waals surface area contributed by atoms with Gasteiger partial charge in [-0.05, 0) is 50.9 Å². The summed E-state index contributed by atoms with van der Waals surface area (Å²) in [5, 5.41) is 4.22. The third-order valence-electron chi connectivity index (χ3n) is 2.83. The summed E-state index contributed by atoms with van der Waals surface area (Å²) < 4.78 is 16.2. The number of nitrogens with zero attached hydrogens (tertiary/aromatic N) is 2. The third-order valence-corrected chi connectivity index (χ3v) is 4.51. The van der Waals surface area contributed by atoms with E-state index in [4.69, 9.17) is 0 Å². The molecule has 1 heterocycles. The van der Waals surface area contributed by atoms with Gasteiger partial charge in [0.15, 0.2) is 5.78 Å². The van der Waals surface area contributed by atoms with Gasteiger partial charge in [-0.25, -0.2) is 4.39 Å². The number of ketones is 1. The molecular formula is C13H11Br2FN2O. The SMILES string of the molecule is Cc1nn(C)c(CC(=O)c2ccc(Br)c(F)c2)c1Br. The number of benzene rings is 1. The van der Waals surface area contributed by atoms with Crippen LogP contribution < -0.4 is 0 Å². The van der Waals surface area contributed by atoms with E-state index in [1.165, 1.54) is 12.1 Å². The minimum atomic E-state index is -0.439. The second kappa shape index (κ2) is 5.54. The molecule has 0 radical (unpaired) electrons. The van der Waals surface area contributed by atoms with Crippen molar-refractivity contribution in [2.75, 3.05) is 0 Å². The Bertz CT molecular complexity index is 652. The fourth-order valence-corrected chi connectivity index (χ4v) is 2.52. The van der Waals surface area contributed by atoms with Crippen molar-refractivity contribution < 1.29 is 9.18 Å². The molecule has 19 heavy (non-hydrogen) atoms. The molecule has 0 N–H and O–H groups in total. The van der Waals surface area contributed by atoms with E-state index in [0.29, 0.717) is 10.0 Å². The van der Waals surface area contributed by atoms with Gasteiger partial charge in [0.1, 0.15) is 5.82 Å². The van der Waals surface area contributed by atoms with Crippen LogP contribution in [-0.4, -0.2) is 15.6 Å². The lowest BCUT2D eigenvalue weighted by molar-refractivity contribution is 0.0990. The zero-order chi connectivity index (χ0) is 14.2. The van der Waals surface area contributed by atoms with E-state index in [0.717, 1.165) is 15.9 Å². The summed E-state index contributed by atoms with van der Waals surface area (Å²) in [5.41, 5.74) is 1.96. The summed E-state index contributed by atoms with van der Waals surface area (Å²) in [6.45, 7) is 1.86. The van der Waals surface area contributed by atoms with Crippen LogP contribution >= 0.6 is 31.9 Å². The maximum Gasteiger partial charge on any atom is 0.168 e. The van der Waals surface area contributed by atoms with Crippen LogP contribution in [0.1, 0.15) is 21.7 Å². The molecule has 0 aliphatic heterocycles. The van der Waals surface area contributed by atoms with Gasteiger partial charge in [-0.2, -0.15) is 5.10 Å². The van der Waals surface area contributed by atoms with Crippen LogP contribution in [0.15, 0.2) is 27.1 Å². The summed E-state index contributed by atoms with van der Waals surface area (Å²) in [5.74, 6) is -0.582. The molecule has 3 nitrogen and oxygen atoms in total. The molecule has 0 amide bonds. The van der Waals surface area contributed by atoms with E-state index in [1.807, 2.05) is 6.92 Å². The number of hydrogen-bond donors (Lipinski definition) is 0. The quantitative estimate of drug-likeness (QED) is 0.748. The highest BCUT2D eigenvalue weighted by Crippen LogP contribution is 2.23. The first-order valence-corrected chi connectivity index (χ1v) is 7.15. The number of carbonyl (C=O) groups is 1. The van der Waals surface area contributed by atoms with Crippen molar-refractivity contribution in [2.45, 2.75) is 13.3 Å². The van der Waals surface area contributed by atoms with Gasteiger partial charge < -0.3 is 0 Å². The van der Waals surface area contributed by atoms with Gasteiger partial charge in [0.25, 0.3) is 0 Å². The number of carbonyl (C=O) groups excluding carboxylic acids is 1. The summed E-state index contributed by atoms with van der Waals surface area (Å²) in [6.07, 6.45) is 0.180. The Labute approximate surface area is 127 Å². The van der Waals surface area contributed by atoms with Crippen LogP contribution in [0.5, 0.6) is 0 Å². The average molecular weight is 390 g/mol. The van der Waals surface area contributed by atoms with Crippen molar-refractivity contribution in [3.63, 3.8) is 0 Å². The van der Waals surface area contributed by atoms with Gasteiger partial charge in [-0.1, -0.05) is 6.07 Å². The van der Waals surface area contributed by atoms with E-state index in [-0.39, 0.29) is 12.2 Å². The smallest absolute Gasteiger partial charge is 0.168 e. The molecule has 6 heteroatoms. The molecule has 0 fully saturated rings. The highest BCUT2D eigenvalue weighted by atomic mass is 79.9. The Hall–Kier alpha value is -1.01. The molecule has 0 saturated heterocycles. The molecule has 0 saturated carbocycles.